The number of hydrogen-bond donors (Lipinski definition) is 1. The van der Waals surface area contributed by atoms with Crippen molar-refractivity contribution in [3.63, 3.8) is 0 Å². The molecule has 0 aliphatic carbocycles. The molecule has 3 aliphatic rings. The van der Waals surface area contributed by atoms with Crippen molar-refractivity contribution in [3.05, 3.63) is 0 Å². The van der Waals surface area contributed by atoms with Gasteiger partial charge in [0.2, 0.25) is 5.91 Å². The number of carbonyl (C=O) groups excluding carboxylic acids is 2. The van der Waals surface area contributed by atoms with Gasteiger partial charge in [-0.2, -0.15) is 0 Å². The smallest absolute Gasteiger partial charge is 0.334 e. The Bertz CT molecular complexity index is 400. The first-order valence-corrected chi connectivity index (χ1v) is 5.47. The van der Waals surface area contributed by atoms with Crippen LogP contribution in [0.25, 0.3) is 0 Å². The molecule has 1 amide bonds. The lowest BCUT2D eigenvalue weighted by atomic mass is 9.85. The molecule has 0 aromatic carbocycles. The second-order valence-corrected chi connectivity index (χ2v) is 4.67. The van der Waals surface area contributed by atoms with Gasteiger partial charge >= 0.3 is 5.97 Å². The molecule has 3 fully saturated rings. The molecule has 2 N–H and O–H groups in total. The number of esters is 1. The highest BCUT2D eigenvalue weighted by molar-refractivity contribution is 5.94. The van der Waals surface area contributed by atoms with E-state index in [2.05, 4.69) is 0 Å². The number of β-lactam (4-membered cyclic amide) rings is 1. The zero-order valence-corrected chi connectivity index (χ0v) is 9.58. The van der Waals surface area contributed by atoms with Crippen LogP contribution in [0.1, 0.15) is 6.92 Å². The summed E-state index contributed by atoms with van der Waals surface area (Å²) in [5, 5.41) is 0. The Morgan fingerprint density at radius 2 is 2.35 bits per heavy atom. The number of rotatable bonds is 1. The van der Waals surface area contributed by atoms with Crippen molar-refractivity contribution in [3.8, 4) is 0 Å². The maximum absolute atomic E-state index is 11.8. The molecule has 3 heterocycles. The molecule has 94 valence electrons. The number of morpholine rings is 1. The standard InChI is InChI=1S/C10H14N2O5/c1-10-7(9(14)15-2)12-6(5(11)8(12)13)4(17-10)3-16-10/h4-7H,3,11H2,1-2H3/t4-,5-,6+,7-,10-/m0/s1. The van der Waals surface area contributed by atoms with Gasteiger partial charge in [0.15, 0.2) is 11.8 Å². The quantitative estimate of drug-likeness (QED) is 0.431. The fourth-order valence-electron chi connectivity index (χ4n) is 2.89. The summed E-state index contributed by atoms with van der Waals surface area (Å²) in [7, 11) is 1.27. The molecular formula is C10H14N2O5. The average molecular weight is 242 g/mol. The average Bonchev–Trinajstić information content (AvgIpc) is 2.65. The van der Waals surface area contributed by atoms with Crippen LogP contribution >= 0.6 is 0 Å². The maximum Gasteiger partial charge on any atom is 0.334 e. The summed E-state index contributed by atoms with van der Waals surface area (Å²) < 4.78 is 15.9. The molecule has 3 rings (SSSR count). The lowest BCUT2D eigenvalue weighted by Crippen LogP contribution is -2.81. The molecule has 17 heavy (non-hydrogen) atoms. The Hall–Kier alpha value is -1.18. The number of amides is 1. The molecule has 0 unspecified atom stereocenters. The predicted molar refractivity (Wildman–Crippen MR) is 53.6 cm³/mol. The zero-order chi connectivity index (χ0) is 12.4. The Morgan fingerprint density at radius 1 is 1.65 bits per heavy atom. The molecule has 7 heteroatoms. The largest absolute Gasteiger partial charge is 0.467 e. The fraction of sp³-hybridized carbons (Fsp3) is 0.800. The highest BCUT2D eigenvalue weighted by atomic mass is 16.8. The summed E-state index contributed by atoms with van der Waals surface area (Å²) in [4.78, 5) is 25.0. The van der Waals surface area contributed by atoms with Crippen molar-refractivity contribution in [2.45, 2.75) is 36.9 Å². The van der Waals surface area contributed by atoms with Crippen LogP contribution in [-0.4, -0.2) is 60.5 Å². The predicted octanol–water partition coefficient (Wildman–Crippen LogP) is -1.79. The van der Waals surface area contributed by atoms with E-state index in [0.29, 0.717) is 6.61 Å². The van der Waals surface area contributed by atoms with Gasteiger partial charge in [0, 0.05) is 0 Å². The number of methoxy groups -OCH3 is 1. The summed E-state index contributed by atoms with van der Waals surface area (Å²) in [6.07, 6.45) is -0.256. The van der Waals surface area contributed by atoms with E-state index in [9.17, 15) is 9.59 Å². The number of nitrogens with two attached hydrogens (primary N) is 1. The van der Waals surface area contributed by atoms with Crippen LogP contribution in [0.15, 0.2) is 0 Å². The van der Waals surface area contributed by atoms with E-state index in [1.165, 1.54) is 12.0 Å². The summed E-state index contributed by atoms with van der Waals surface area (Å²) >= 11 is 0. The van der Waals surface area contributed by atoms with Gasteiger partial charge in [-0.15, -0.1) is 0 Å². The van der Waals surface area contributed by atoms with Crippen molar-refractivity contribution < 1.29 is 23.8 Å². The van der Waals surface area contributed by atoms with Gasteiger partial charge in [-0.05, 0) is 6.92 Å². The lowest BCUT2D eigenvalue weighted by molar-refractivity contribution is -0.256. The molecule has 0 saturated carbocycles. The third-order valence-corrected chi connectivity index (χ3v) is 3.73. The van der Waals surface area contributed by atoms with Crippen LogP contribution in [0.4, 0.5) is 0 Å². The van der Waals surface area contributed by atoms with Crippen LogP contribution in [-0.2, 0) is 23.8 Å². The molecular weight excluding hydrogens is 228 g/mol. The van der Waals surface area contributed by atoms with Crippen molar-refractivity contribution in [2.24, 2.45) is 5.73 Å². The van der Waals surface area contributed by atoms with Crippen molar-refractivity contribution in [1.29, 1.82) is 0 Å². The van der Waals surface area contributed by atoms with Gasteiger partial charge in [0.05, 0.1) is 19.8 Å². The number of carbonyl (C=O) groups is 2. The van der Waals surface area contributed by atoms with Crippen molar-refractivity contribution in [2.75, 3.05) is 13.7 Å². The van der Waals surface area contributed by atoms with Crippen LogP contribution in [0.5, 0.6) is 0 Å². The molecule has 2 bridgehead atoms. The Balaban J connectivity index is 1.99. The lowest BCUT2D eigenvalue weighted by Gasteiger charge is -2.55. The third kappa shape index (κ3) is 1.16. The molecule has 5 atom stereocenters. The van der Waals surface area contributed by atoms with Gasteiger partial charge in [-0.3, -0.25) is 4.79 Å². The fourth-order valence-corrected chi connectivity index (χ4v) is 2.89. The minimum absolute atomic E-state index is 0.254. The van der Waals surface area contributed by atoms with E-state index in [0.717, 1.165) is 0 Å². The van der Waals surface area contributed by atoms with E-state index < -0.39 is 23.8 Å². The summed E-state index contributed by atoms with van der Waals surface area (Å²) in [6.45, 7) is 1.98. The summed E-state index contributed by atoms with van der Waals surface area (Å²) in [5.41, 5.74) is 5.73. The van der Waals surface area contributed by atoms with E-state index >= 15 is 0 Å². The molecule has 0 radical (unpaired) electrons. The van der Waals surface area contributed by atoms with Crippen molar-refractivity contribution >= 4 is 11.9 Å². The topological polar surface area (TPSA) is 91.1 Å². The highest BCUT2D eigenvalue weighted by Gasteiger charge is 2.67. The summed E-state index contributed by atoms with van der Waals surface area (Å²) in [6, 6.07) is -1.77. The van der Waals surface area contributed by atoms with Crippen LogP contribution < -0.4 is 5.73 Å². The second-order valence-electron chi connectivity index (χ2n) is 4.67. The molecule has 0 spiro atoms. The van der Waals surface area contributed by atoms with Gasteiger partial charge in [-0.1, -0.05) is 0 Å². The van der Waals surface area contributed by atoms with Crippen molar-refractivity contribution in [1.82, 2.24) is 4.90 Å². The number of hydrogen-bond acceptors (Lipinski definition) is 6. The minimum atomic E-state index is -1.12. The van der Waals surface area contributed by atoms with Gasteiger partial charge in [-0.25, -0.2) is 4.79 Å². The van der Waals surface area contributed by atoms with Crippen LogP contribution in [0.2, 0.25) is 0 Å². The SMILES string of the molecule is COC(=O)[C@@H]1N2C(=O)[C@@H](N)[C@H]2[C@@H]2CO[C@@]1(C)O2. The molecule has 3 saturated heterocycles. The van der Waals surface area contributed by atoms with Gasteiger partial charge in [0.1, 0.15) is 12.1 Å². The number of fused-ring (bicyclic) bond motifs is 4. The molecule has 0 aromatic heterocycles. The first kappa shape index (κ1) is 10.9. The Labute approximate surface area is 97.8 Å². The van der Waals surface area contributed by atoms with Gasteiger partial charge in [0.25, 0.3) is 0 Å². The third-order valence-electron chi connectivity index (χ3n) is 3.73. The van der Waals surface area contributed by atoms with Gasteiger partial charge < -0.3 is 24.8 Å². The zero-order valence-electron chi connectivity index (χ0n) is 9.58. The highest BCUT2D eigenvalue weighted by Crippen LogP contribution is 2.44. The maximum atomic E-state index is 11.8. The monoisotopic (exact) mass is 242 g/mol. The first-order chi connectivity index (χ1) is 7.99. The Kier molecular flexibility index (Phi) is 2.05. The molecule has 0 aromatic rings. The minimum Gasteiger partial charge on any atom is -0.467 e. The number of nitrogens with zero attached hydrogens (tertiary/aromatic N) is 1. The van der Waals surface area contributed by atoms with E-state index in [4.69, 9.17) is 19.9 Å². The van der Waals surface area contributed by atoms with Crippen LogP contribution in [0, 0.1) is 0 Å². The molecule has 7 nitrogen and oxygen atoms in total. The second kappa shape index (κ2) is 3.18. The molecule has 3 aliphatic heterocycles. The van der Waals surface area contributed by atoms with Crippen LogP contribution in [0.3, 0.4) is 0 Å². The number of ether oxygens (including phenoxy) is 3. The van der Waals surface area contributed by atoms with E-state index in [1.807, 2.05) is 0 Å². The first-order valence-electron chi connectivity index (χ1n) is 5.47. The summed E-state index contributed by atoms with van der Waals surface area (Å²) in [5.74, 6) is -1.92. The normalized spacial score (nSPS) is 47.5. The van der Waals surface area contributed by atoms with E-state index in [1.54, 1.807) is 6.92 Å². The van der Waals surface area contributed by atoms with E-state index in [-0.39, 0.29) is 18.1 Å². The Morgan fingerprint density at radius 3 is 3.00 bits per heavy atom.